The summed E-state index contributed by atoms with van der Waals surface area (Å²) >= 11 is 3.46. The first kappa shape index (κ1) is 73.2. The van der Waals surface area contributed by atoms with E-state index in [0.29, 0.717) is 94.3 Å². The van der Waals surface area contributed by atoms with Crippen molar-refractivity contribution in [2.45, 2.75) is 100 Å². The SMILES string of the molecule is N#C[C@H]1CC(F)(F)CN1C(=O)CNC(=O)c1ccnc2ccc(OCCCC3CCN(C(=O)CN4C(=O)CC(SC[C@H](CCCCNC(=O)CCCc5ccc(I)cc5)NC(=O)CN5CCN(CC(=O)O)CCN(CC(=O)O)CCN(CC(=O)O)CC5)C4=O)CC3)cc12. The molecule has 0 spiro atoms. The Morgan fingerprint density at radius 3 is 1.99 bits per heavy atom. The summed E-state index contributed by atoms with van der Waals surface area (Å²) in [6.45, 7) is 0.379. The molecule has 2 aromatic carbocycles. The third kappa shape index (κ3) is 24.3. The monoisotopic (exact) mass is 1430 g/mol. The van der Waals surface area contributed by atoms with Crippen LogP contribution in [-0.2, 0) is 49.6 Å². The molecular formula is C63H83F2IN12O14S. The Morgan fingerprint density at radius 1 is 0.753 bits per heavy atom. The summed E-state index contributed by atoms with van der Waals surface area (Å²) < 4.78 is 35.1. The lowest BCUT2D eigenvalue weighted by Crippen LogP contribution is -2.50. The summed E-state index contributed by atoms with van der Waals surface area (Å²) in [5.74, 6) is -8.64. The van der Waals surface area contributed by atoms with Gasteiger partial charge in [-0.1, -0.05) is 12.1 Å². The second-order valence-corrected chi connectivity index (χ2v) is 26.5. The van der Waals surface area contributed by atoms with E-state index in [9.17, 15) is 77.3 Å². The number of carboxylic acids is 3. The molecule has 6 N–H and O–H groups in total. The number of nitrogens with zero attached hydrogens (tertiary/aromatic N) is 9. The number of rotatable bonds is 31. The number of likely N-dealkylation sites (tertiary alicyclic amines) is 3. The second kappa shape index (κ2) is 36.5. The summed E-state index contributed by atoms with van der Waals surface area (Å²) in [6.07, 6.45) is 6.83. The number of pyridine rings is 1. The Labute approximate surface area is 556 Å². The fourth-order valence-electron chi connectivity index (χ4n) is 11.8. The number of hydrogen-bond acceptors (Lipinski definition) is 18. The molecule has 0 radical (unpaired) electrons. The zero-order valence-corrected chi connectivity index (χ0v) is 55.0. The van der Waals surface area contributed by atoms with Crippen molar-refractivity contribution in [3.63, 3.8) is 0 Å². The van der Waals surface area contributed by atoms with E-state index in [4.69, 9.17) is 4.74 Å². The number of imide groups is 1. The number of benzene rings is 2. The molecule has 7 amide bonds. The molecule has 1 aromatic heterocycles. The van der Waals surface area contributed by atoms with Crippen LogP contribution in [0.15, 0.2) is 54.7 Å². The molecule has 3 aromatic rings. The van der Waals surface area contributed by atoms with E-state index in [0.717, 1.165) is 31.8 Å². The van der Waals surface area contributed by atoms with Crippen LogP contribution in [0.4, 0.5) is 8.78 Å². The highest BCUT2D eigenvalue weighted by molar-refractivity contribution is 14.1. The third-order valence-corrected chi connectivity index (χ3v) is 19.0. The van der Waals surface area contributed by atoms with Gasteiger partial charge in [-0.05, 0) is 128 Å². The lowest BCUT2D eigenvalue weighted by atomic mass is 9.92. The van der Waals surface area contributed by atoms with Crippen LogP contribution in [0.3, 0.4) is 0 Å². The van der Waals surface area contributed by atoms with Crippen LogP contribution < -0.4 is 20.7 Å². The van der Waals surface area contributed by atoms with Gasteiger partial charge in [0.1, 0.15) is 18.3 Å². The van der Waals surface area contributed by atoms with E-state index in [2.05, 4.69) is 43.5 Å². The maximum atomic E-state index is 14.1. The van der Waals surface area contributed by atoms with E-state index in [-0.39, 0.29) is 120 Å². The molecule has 0 bridgehead atoms. The van der Waals surface area contributed by atoms with Crippen LogP contribution in [0.2, 0.25) is 0 Å². The predicted octanol–water partition coefficient (Wildman–Crippen LogP) is 2.86. The highest BCUT2D eigenvalue weighted by Crippen LogP contribution is 2.32. The number of carbonyl (C=O) groups excluding carboxylic acids is 7. The Kier molecular flexibility index (Phi) is 28.7. The van der Waals surface area contributed by atoms with Crippen LogP contribution >= 0.6 is 34.4 Å². The number of fused-ring (bicyclic) bond motifs is 1. The van der Waals surface area contributed by atoms with Gasteiger partial charge < -0.3 is 45.8 Å². The first-order chi connectivity index (χ1) is 44.5. The fourth-order valence-corrected chi connectivity index (χ4v) is 13.4. The topological polar surface area (TPSA) is 336 Å². The van der Waals surface area contributed by atoms with Gasteiger partial charge in [0, 0.05) is 118 Å². The van der Waals surface area contributed by atoms with Crippen LogP contribution in [0.5, 0.6) is 5.75 Å². The van der Waals surface area contributed by atoms with Crippen molar-refractivity contribution < 1.29 is 76.8 Å². The van der Waals surface area contributed by atoms with E-state index >= 15 is 0 Å². The smallest absolute Gasteiger partial charge is 0.317 e. The number of carbonyl (C=O) groups is 10. The molecule has 4 aliphatic heterocycles. The Morgan fingerprint density at radius 2 is 1.38 bits per heavy atom. The zero-order valence-electron chi connectivity index (χ0n) is 52.0. The second-order valence-electron chi connectivity index (χ2n) is 24.0. The van der Waals surface area contributed by atoms with Crippen molar-refractivity contribution >= 4 is 105 Å². The van der Waals surface area contributed by atoms with Crippen molar-refractivity contribution in [2.24, 2.45) is 5.92 Å². The van der Waals surface area contributed by atoms with Crippen molar-refractivity contribution in [3.05, 3.63) is 69.4 Å². The molecule has 30 heteroatoms. The van der Waals surface area contributed by atoms with Gasteiger partial charge in [0.2, 0.25) is 35.4 Å². The van der Waals surface area contributed by atoms with Crippen LogP contribution in [0.25, 0.3) is 10.9 Å². The van der Waals surface area contributed by atoms with Crippen LogP contribution in [0, 0.1) is 20.8 Å². The maximum absolute atomic E-state index is 14.1. The molecule has 4 saturated heterocycles. The predicted molar refractivity (Wildman–Crippen MR) is 346 cm³/mol. The van der Waals surface area contributed by atoms with Gasteiger partial charge in [-0.15, -0.1) is 11.8 Å². The van der Waals surface area contributed by atoms with E-state index < -0.39 is 90.8 Å². The van der Waals surface area contributed by atoms with Crippen molar-refractivity contribution in [1.29, 1.82) is 5.26 Å². The normalized spacial score (nSPS) is 19.3. The Bertz CT molecular complexity index is 3130. The molecule has 506 valence electrons. The zero-order chi connectivity index (χ0) is 67.0. The number of nitrogens with one attached hydrogen (secondary N) is 3. The summed E-state index contributed by atoms with van der Waals surface area (Å²) in [5.41, 5.74) is 1.82. The Balaban J connectivity index is 0.878. The van der Waals surface area contributed by atoms with Crippen molar-refractivity contribution in [1.82, 2.24) is 55.2 Å². The molecular weight excluding hydrogens is 1350 g/mol. The van der Waals surface area contributed by atoms with Gasteiger partial charge in [-0.3, -0.25) is 77.4 Å². The van der Waals surface area contributed by atoms with Crippen molar-refractivity contribution in [3.8, 4) is 11.8 Å². The van der Waals surface area contributed by atoms with Gasteiger partial charge in [-0.2, -0.15) is 5.26 Å². The lowest BCUT2D eigenvalue weighted by molar-refractivity contribution is -0.146. The van der Waals surface area contributed by atoms with Gasteiger partial charge in [0.15, 0.2) is 0 Å². The van der Waals surface area contributed by atoms with Gasteiger partial charge >= 0.3 is 17.9 Å². The molecule has 1 unspecified atom stereocenters. The standard InChI is InChI=1S/C63H83F2IN12O14S/c64-63(65)33-47(34-67)78(42-63)56(82)35-70-61(90)49-15-19-68-51-14-13-48(31-50(49)51)92-30-4-6-44-16-20-76(21-17-44)57(83)37-77-55(81)32-52(62(77)91)93-41-46(7-1-2-18-69-53(79)8-3-5-43-9-11-45(66)12-10-43)71-54(80)36-72-22-24-73(38-58(84)85)26-28-75(40-60(88)89)29-27-74(25-23-72)39-59(86)87/h9-15,19,31,44,46-47,52H,1-8,16-18,20-30,32-33,35-42H2,(H,69,79)(H,70,90)(H,71,80)(H,84,85)(H,86,87)(H,88,89)/t46-,47+,52?/m0/s1. The minimum Gasteiger partial charge on any atom is -0.494 e. The number of halogens is 3. The van der Waals surface area contributed by atoms with E-state index in [1.54, 1.807) is 43.9 Å². The van der Waals surface area contributed by atoms with Gasteiger partial charge in [0.25, 0.3) is 11.8 Å². The first-order valence-electron chi connectivity index (χ1n) is 31.5. The number of ether oxygens (including phenoxy) is 1. The molecule has 4 fully saturated rings. The first-order valence-corrected chi connectivity index (χ1v) is 33.6. The average molecular weight is 1430 g/mol. The number of nitriles is 1. The molecule has 7 rings (SSSR count). The summed E-state index contributed by atoms with van der Waals surface area (Å²) in [6, 6.07) is 14.6. The number of piperidine rings is 1. The van der Waals surface area contributed by atoms with Gasteiger partial charge in [-0.25, -0.2) is 8.78 Å². The number of aryl methyl sites for hydroxylation is 1. The molecule has 5 heterocycles. The number of amides is 7. The lowest BCUT2D eigenvalue weighted by Gasteiger charge is -2.33. The molecule has 0 saturated carbocycles. The molecule has 0 aliphatic carbocycles. The Hall–Kier alpha value is -7.18. The van der Waals surface area contributed by atoms with Crippen molar-refractivity contribution in [2.75, 3.05) is 130 Å². The average Bonchev–Trinajstić information content (AvgIpc) is 1.75. The maximum Gasteiger partial charge on any atom is 0.317 e. The number of aromatic nitrogens is 1. The summed E-state index contributed by atoms with van der Waals surface area (Å²) in [4.78, 5) is 144. The number of carboxylic acid groups (broad SMARTS) is 3. The number of alkyl halides is 2. The molecule has 26 nitrogen and oxygen atoms in total. The number of aliphatic carboxylic acids is 3. The fraction of sp³-hybridized carbons (Fsp3) is 0.587. The quantitative estimate of drug-likeness (QED) is 0.0306. The summed E-state index contributed by atoms with van der Waals surface area (Å²) in [5, 5.41) is 46.4. The van der Waals surface area contributed by atoms with E-state index in [1.807, 2.05) is 29.2 Å². The highest BCUT2D eigenvalue weighted by atomic mass is 127. The minimum atomic E-state index is -3.19. The van der Waals surface area contributed by atoms with E-state index in [1.165, 1.54) is 24.0 Å². The molecule has 4 aliphatic rings. The summed E-state index contributed by atoms with van der Waals surface area (Å²) in [7, 11) is 0. The number of thioether (sulfide) groups is 1. The highest BCUT2D eigenvalue weighted by Gasteiger charge is 2.47. The van der Waals surface area contributed by atoms with Crippen LogP contribution in [-0.4, -0.2) is 267 Å². The molecule has 3 atom stereocenters. The minimum absolute atomic E-state index is 0.0704. The number of hydrogen-bond donors (Lipinski definition) is 6. The largest absolute Gasteiger partial charge is 0.494 e. The third-order valence-electron chi connectivity index (χ3n) is 16.9. The number of unbranched alkanes of at least 4 members (excludes halogenated alkanes) is 1. The molecule has 93 heavy (non-hydrogen) atoms. The van der Waals surface area contributed by atoms with Gasteiger partial charge in [0.05, 0.1) is 68.3 Å². The van der Waals surface area contributed by atoms with Crippen LogP contribution in [0.1, 0.15) is 86.6 Å².